The van der Waals surface area contributed by atoms with Crippen LogP contribution in [0.4, 0.5) is 4.79 Å². The molecule has 1 N–H and O–H groups in total. The lowest BCUT2D eigenvalue weighted by Gasteiger charge is -2.43. The number of piperazine rings is 1. The Morgan fingerprint density at radius 1 is 0.857 bits per heavy atom. The first-order valence-corrected chi connectivity index (χ1v) is 11.3. The molecule has 28 heavy (non-hydrogen) atoms. The van der Waals surface area contributed by atoms with E-state index in [9.17, 15) is 9.59 Å². The molecule has 0 spiro atoms. The van der Waals surface area contributed by atoms with Crippen LogP contribution in [0.1, 0.15) is 66.2 Å². The predicted octanol–water partition coefficient (Wildman–Crippen LogP) is 2.93. The Balaban J connectivity index is 1.62. The van der Waals surface area contributed by atoms with Gasteiger partial charge in [0.05, 0.1) is 6.04 Å². The van der Waals surface area contributed by atoms with Crippen molar-refractivity contribution in [2.24, 2.45) is 11.8 Å². The highest BCUT2D eigenvalue weighted by atomic mass is 16.2. The Kier molecular flexibility index (Phi) is 6.89. The van der Waals surface area contributed by atoms with Gasteiger partial charge in [0.15, 0.2) is 0 Å². The second-order valence-electron chi connectivity index (χ2n) is 10.2. The lowest BCUT2D eigenvalue weighted by atomic mass is 9.92. The van der Waals surface area contributed by atoms with E-state index in [2.05, 4.69) is 22.0 Å². The van der Waals surface area contributed by atoms with Crippen molar-refractivity contribution >= 4 is 11.9 Å². The normalized spacial score (nSPS) is 24.4. The van der Waals surface area contributed by atoms with Gasteiger partial charge in [0.2, 0.25) is 5.91 Å². The molecule has 2 heterocycles. The SMILES string of the molecule is CC1CCN(C(=O)[C@H](C2CCCC2)N2CCN(C(=O)NC(C)(C)C)CC2)CC1. The average molecular weight is 393 g/mol. The molecule has 6 heteroatoms. The molecule has 6 nitrogen and oxygen atoms in total. The van der Waals surface area contributed by atoms with E-state index in [0.29, 0.717) is 24.9 Å². The summed E-state index contributed by atoms with van der Waals surface area (Å²) in [4.78, 5) is 32.4. The van der Waals surface area contributed by atoms with Gasteiger partial charge < -0.3 is 15.1 Å². The zero-order valence-corrected chi connectivity index (χ0v) is 18.4. The van der Waals surface area contributed by atoms with E-state index >= 15 is 0 Å². The Bertz CT molecular complexity index is 537. The number of rotatable bonds is 3. The van der Waals surface area contributed by atoms with E-state index in [1.807, 2.05) is 25.7 Å². The molecule has 0 aromatic heterocycles. The van der Waals surface area contributed by atoms with Gasteiger partial charge in [-0.2, -0.15) is 0 Å². The van der Waals surface area contributed by atoms with Gasteiger partial charge in [-0.1, -0.05) is 19.8 Å². The number of carbonyl (C=O) groups excluding carboxylic acids is 2. The summed E-state index contributed by atoms with van der Waals surface area (Å²) in [7, 11) is 0. The highest BCUT2D eigenvalue weighted by Gasteiger charge is 2.40. The van der Waals surface area contributed by atoms with E-state index in [0.717, 1.165) is 44.9 Å². The van der Waals surface area contributed by atoms with Crippen molar-refractivity contribution in [1.29, 1.82) is 0 Å². The molecule has 3 fully saturated rings. The van der Waals surface area contributed by atoms with Gasteiger partial charge in [-0.3, -0.25) is 9.69 Å². The molecule has 0 aromatic carbocycles. The topological polar surface area (TPSA) is 55.9 Å². The third-order valence-corrected chi connectivity index (χ3v) is 6.67. The first-order valence-electron chi connectivity index (χ1n) is 11.3. The van der Waals surface area contributed by atoms with Gasteiger partial charge in [0.25, 0.3) is 0 Å². The molecule has 3 amide bonds. The lowest BCUT2D eigenvalue weighted by Crippen LogP contribution is -2.60. The Hall–Kier alpha value is -1.30. The summed E-state index contributed by atoms with van der Waals surface area (Å²) in [5.74, 6) is 1.58. The number of piperidine rings is 1. The number of hydrogen-bond donors (Lipinski definition) is 1. The molecule has 3 rings (SSSR count). The highest BCUT2D eigenvalue weighted by molar-refractivity contribution is 5.82. The largest absolute Gasteiger partial charge is 0.341 e. The van der Waals surface area contributed by atoms with Gasteiger partial charge in [-0.25, -0.2) is 4.79 Å². The smallest absolute Gasteiger partial charge is 0.317 e. The molecule has 0 radical (unpaired) electrons. The van der Waals surface area contributed by atoms with E-state index in [4.69, 9.17) is 0 Å². The van der Waals surface area contributed by atoms with Gasteiger partial charge in [0, 0.05) is 44.8 Å². The first-order chi connectivity index (χ1) is 13.2. The summed E-state index contributed by atoms with van der Waals surface area (Å²) in [5, 5.41) is 3.06. The molecule has 0 unspecified atom stereocenters. The number of carbonyl (C=O) groups is 2. The van der Waals surface area contributed by atoms with E-state index in [1.54, 1.807) is 0 Å². The third kappa shape index (κ3) is 5.40. The van der Waals surface area contributed by atoms with Crippen LogP contribution in [0.2, 0.25) is 0 Å². The highest BCUT2D eigenvalue weighted by Crippen LogP contribution is 2.32. The lowest BCUT2D eigenvalue weighted by molar-refractivity contribution is -0.141. The summed E-state index contributed by atoms with van der Waals surface area (Å²) >= 11 is 0. The van der Waals surface area contributed by atoms with Crippen molar-refractivity contribution in [3.8, 4) is 0 Å². The molecule has 0 bridgehead atoms. The number of amides is 3. The van der Waals surface area contributed by atoms with Crippen molar-refractivity contribution in [1.82, 2.24) is 20.0 Å². The van der Waals surface area contributed by atoms with Crippen LogP contribution >= 0.6 is 0 Å². The van der Waals surface area contributed by atoms with Gasteiger partial charge in [-0.05, 0) is 58.3 Å². The van der Waals surface area contributed by atoms with Crippen LogP contribution in [0.5, 0.6) is 0 Å². The van der Waals surface area contributed by atoms with E-state index in [1.165, 1.54) is 25.7 Å². The Labute approximate surface area is 171 Å². The summed E-state index contributed by atoms with van der Waals surface area (Å²) in [5.41, 5.74) is -0.220. The molecule has 1 atom stereocenters. The number of hydrogen-bond acceptors (Lipinski definition) is 3. The van der Waals surface area contributed by atoms with Crippen LogP contribution in [0.25, 0.3) is 0 Å². The maximum atomic E-state index is 13.5. The molecule has 2 aliphatic heterocycles. The fraction of sp³-hybridized carbons (Fsp3) is 0.909. The Morgan fingerprint density at radius 3 is 1.96 bits per heavy atom. The van der Waals surface area contributed by atoms with Crippen molar-refractivity contribution in [2.45, 2.75) is 77.8 Å². The molecular weight excluding hydrogens is 352 g/mol. The molecular formula is C22H40N4O2. The van der Waals surface area contributed by atoms with E-state index < -0.39 is 0 Å². The first kappa shape index (κ1) is 21.4. The fourth-order valence-corrected chi connectivity index (χ4v) is 4.95. The minimum atomic E-state index is -0.220. The molecule has 1 aliphatic carbocycles. The van der Waals surface area contributed by atoms with Gasteiger partial charge >= 0.3 is 6.03 Å². The van der Waals surface area contributed by atoms with Crippen LogP contribution in [-0.2, 0) is 4.79 Å². The van der Waals surface area contributed by atoms with Gasteiger partial charge in [-0.15, -0.1) is 0 Å². The molecule has 1 saturated carbocycles. The van der Waals surface area contributed by atoms with Crippen LogP contribution in [0, 0.1) is 11.8 Å². The number of nitrogens with one attached hydrogen (secondary N) is 1. The zero-order chi connectivity index (χ0) is 20.3. The standard InChI is InChI=1S/C22H40N4O2/c1-17-9-11-25(12-10-17)20(27)19(18-7-5-6-8-18)24-13-15-26(16-14-24)21(28)23-22(2,3)4/h17-19H,5-16H2,1-4H3,(H,23,28)/t19-/m0/s1. The van der Waals surface area contributed by atoms with Crippen molar-refractivity contribution < 1.29 is 9.59 Å². The minimum Gasteiger partial charge on any atom is -0.341 e. The fourth-order valence-electron chi connectivity index (χ4n) is 4.95. The maximum Gasteiger partial charge on any atom is 0.317 e. The van der Waals surface area contributed by atoms with E-state index in [-0.39, 0.29) is 17.6 Å². The summed E-state index contributed by atoms with van der Waals surface area (Å²) in [6.07, 6.45) is 7.10. The second kappa shape index (κ2) is 9.02. The van der Waals surface area contributed by atoms with Crippen molar-refractivity contribution in [3.05, 3.63) is 0 Å². The average Bonchev–Trinajstić information content (AvgIpc) is 3.16. The van der Waals surface area contributed by atoms with Crippen molar-refractivity contribution in [3.63, 3.8) is 0 Å². The Morgan fingerprint density at radius 2 is 1.43 bits per heavy atom. The summed E-state index contributed by atoms with van der Waals surface area (Å²) in [6, 6.07) is 0.0321. The summed E-state index contributed by atoms with van der Waals surface area (Å²) < 4.78 is 0. The molecule has 3 aliphatic rings. The molecule has 160 valence electrons. The predicted molar refractivity (Wildman–Crippen MR) is 112 cm³/mol. The maximum absolute atomic E-state index is 13.5. The van der Waals surface area contributed by atoms with Crippen molar-refractivity contribution in [2.75, 3.05) is 39.3 Å². The van der Waals surface area contributed by atoms with Crippen LogP contribution < -0.4 is 5.32 Å². The number of urea groups is 1. The quantitative estimate of drug-likeness (QED) is 0.803. The van der Waals surface area contributed by atoms with Crippen LogP contribution in [0.3, 0.4) is 0 Å². The summed E-state index contributed by atoms with van der Waals surface area (Å²) in [6.45, 7) is 13.2. The zero-order valence-electron chi connectivity index (χ0n) is 18.4. The van der Waals surface area contributed by atoms with Gasteiger partial charge in [0.1, 0.15) is 0 Å². The molecule has 0 aromatic rings. The second-order valence-corrected chi connectivity index (χ2v) is 10.2. The van der Waals surface area contributed by atoms with Crippen LogP contribution in [-0.4, -0.2) is 77.5 Å². The van der Waals surface area contributed by atoms with Crippen LogP contribution in [0.15, 0.2) is 0 Å². The molecule has 2 saturated heterocycles. The number of likely N-dealkylation sites (tertiary alicyclic amines) is 1. The monoisotopic (exact) mass is 392 g/mol. The third-order valence-electron chi connectivity index (χ3n) is 6.67. The number of nitrogens with zero attached hydrogens (tertiary/aromatic N) is 3. The minimum absolute atomic E-state index is 0.0147.